The lowest BCUT2D eigenvalue weighted by atomic mass is 10.1. The van der Waals surface area contributed by atoms with Gasteiger partial charge in [0.2, 0.25) is 0 Å². The normalized spacial score (nSPS) is 11.1. The lowest BCUT2D eigenvalue weighted by Gasteiger charge is -2.07. The Morgan fingerprint density at radius 1 is 0.905 bits per heavy atom. The van der Waals surface area contributed by atoms with Crippen LogP contribution >= 0.6 is 0 Å². The third-order valence-electron chi connectivity index (χ3n) is 2.85. The van der Waals surface area contributed by atoms with Crippen LogP contribution in [0.2, 0.25) is 0 Å². The van der Waals surface area contributed by atoms with Crippen molar-refractivity contribution in [2.75, 3.05) is 12.9 Å². The van der Waals surface area contributed by atoms with Crippen molar-refractivity contribution >= 4 is 10.1 Å². The number of benzene rings is 2. The number of aryl methyl sites for hydroxylation is 1. The first-order valence-electron chi connectivity index (χ1n) is 6.60. The summed E-state index contributed by atoms with van der Waals surface area (Å²) in [4.78, 5) is 0. The predicted octanol–water partition coefficient (Wildman–Crippen LogP) is 2.95. The van der Waals surface area contributed by atoms with Gasteiger partial charge in [0.1, 0.15) is 11.5 Å². The zero-order valence-electron chi connectivity index (χ0n) is 12.1. The summed E-state index contributed by atoms with van der Waals surface area (Å²) >= 11 is 0. The molecule has 0 saturated carbocycles. The van der Waals surface area contributed by atoms with Crippen LogP contribution in [0.4, 0.5) is 0 Å². The SMILES string of the molecule is Cc1ccc(OCCc2ccc(OS(C)(=O)=O)cc2)cc1. The summed E-state index contributed by atoms with van der Waals surface area (Å²) in [6.45, 7) is 2.60. The number of hydrogen-bond acceptors (Lipinski definition) is 4. The molecule has 2 rings (SSSR count). The number of ether oxygens (including phenoxy) is 1. The topological polar surface area (TPSA) is 52.6 Å². The first kappa shape index (κ1) is 15.4. The average Bonchev–Trinajstić information content (AvgIpc) is 2.41. The minimum absolute atomic E-state index is 0.320. The molecule has 0 spiro atoms. The summed E-state index contributed by atoms with van der Waals surface area (Å²) in [5.41, 5.74) is 2.26. The molecule has 4 nitrogen and oxygen atoms in total. The van der Waals surface area contributed by atoms with Gasteiger partial charge in [0.15, 0.2) is 0 Å². The maximum atomic E-state index is 11.0. The minimum atomic E-state index is -3.47. The van der Waals surface area contributed by atoms with E-state index < -0.39 is 10.1 Å². The van der Waals surface area contributed by atoms with Crippen LogP contribution < -0.4 is 8.92 Å². The Morgan fingerprint density at radius 3 is 2.05 bits per heavy atom. The van der Waals surface area contributed by atoms with E-state index in [0.29, 0.717) is 12.4 Å². The molecule has 21 heavy (non-hydrogen) atoms. The summed E-state index contributed by atoms with van der Waals surface area (Å²) < 4.78 is 32.4. The van der Waals surface area contributed by atoms with Crippen LogP contribution in [0, 0.1) is 6.92 Å². The highest BCUT2D eigenvalue weighted by molar-refractivity contribution is 7.86. The third-order valence-corrected chi connectivity index (χ3v) is 3.35. The molecule has 0 aliphatic heterocycles. The molecule has 0 unspecified atom stereocenters. The fourth-order valence-electron chi connectivity index (χ4n) is 1.81. The Labute approximate surface area is 125 Å². The van der Waals surface area contributed by atoms with Crippen molar-refractivity contribution in [1.82, 2.24) is 0 Å². The van der Waals surface area contributed by atoms with E-state index in [1.807, 2.05) is 43.3 Å². The second kappa shape index (κ2) is 6.63. The molecular formula is C16H18O4S. The Bertz CT molecular complexity index is 673. The van der Waals surface area contributed by atoms with Crippen molar-refractivity contribution in [3.63, 3.8) is 0 Å². The quantitative estimate of drug-likeness (QED) is 0.770. The molecule has 0 amide bonds. The fraction of sp³-hybridized carbons (Fsp3) is 0.250. The van der Waals surface area contributed by atoms with E-state index in [-0.39, 0.29) is 0 Å². The first-order chi connectivity index (χ1) is 9.92. The predicted molar refractivity (Wildman–Crippen MR) is 82.3 cm³/mol. The molecule has 0 saturated heterocycles. The van der Waals surface area contributed by atoms with Gasteiger partial charge in [0, 0.05) is 6.42 Å². The van der Waals surface area contributed by atoms with Gasteiger partial charge in [-0.05, 0) is 36.8 Å². The van der Waals surface area contributed by atoms with Crippen LogP contribution in [0.15, 0.2) is 48.5 Å². The Hall–Kier alpha value is -2.01. The number of rotatable bonds is 6. The molecule has 2 aromatic rings. The average molecular weight is 306 g/mol. The van der Waals surface area contributed by atoms with Gasteiger partial charge in [-0.1, -0.05) is 29.8 Å². The van der Waals surface area contributed by atoms with E-state index in [4.69, 9.17) is 8.92 Å². The molecule has 0 radical (unpaired) electrons. The summed E-state index contributed by atoms with van der Waals surface area (Å²) in [7, 11) is -3.47. The fourth-order valence-corrected chi connectivity index (χ4v) is 2.27. The van der Waals surface area contributed by atoms with Crippen LogP contribution in [0.5, 0.6) is 11.5 Å². The van der Waals surface area contributed by atoms with Gasteiger partial charge in [0.05, 0.1) is 12.9 Å². The smallest absolute Gasteiger partial charge is 0.306 e. The highest BCUT2D eigenvalue weighted by Gasteiger charge is 2.04. The molecule has 0 bridgehead atoms. The largest absolute Gasteiger partial charge is 0.493 e. The maximum absolute atomic E-state index is 11.0. The van der Waals surface area contributed by atoms with Crippen LogP contribution in [0.3, 0.4) is 0 Å². The highest BCUT2D eigenvalue weighted by Crippen LogP contribution is 2.15. The van der Waals surface area contributed by atoms with Gasteiger partial charge in [-0.2, -0.15) is 8.42 Å². The summed E-state index contributed by atoms with van der Waals surface area (Å²) in [6, 6.07) is 14.8. The highest BCUT2D eigenvalue weighted by atomic mass is 32.2. The zero-order valence-corrected chi connectivity index (χ0v) is 12.9. The standard InChI is InChI=1S/C16H18O4S/c1-13-3-7-15(8-4-13)19-12-11-14-5-9-16(10-6-14)20-21(2,17)18/h3-10H,11-12H2,1-2H3. The van der Waals surface area contributed by atoms with Gasteiger partial charge in [-0.25, -0.2) is 0 Å². The van der Waals surface area contributed by atoms with Crippen LogP contribution in [-0.2, 0) is 16.5 Å². The Kier molecular flexibility index (Phi) is 4.85. The lowest BCUT2D eigenvalue weighted by molar-refractivity contribution is 0.322. The van der Waals surface area contributed by atoms with Crippen molar-refractivity contribution in [3.8, 4) is 11.5 Å². The summed E-state index contributed by atoms with van der Waals surface area (Å²) in [5, 5.41) is 0. The van der Waals surface area contributed by atoms with Crippen LogP contribution in [-0.4, -0.2) is 21.3 Å². The zero-order chi connectivity index (χ0) is 15.3. The van der Waals surface area contributed by atoms with E-state index in [0.717, 1.165) is 24.0 Å². The lowest BCUT2D eigenvalue weighted by Crippen LogP contribution is -2.06. The first-order valence-corrected chi connectivity index (χ1v) is 8.42. The number of hydrogen-bond donors (Lipinski definition) is 0. The summed E-state index contributed by atoms with van der Waals surface area (Å²) in [5.74, 6) is 1.17. The molecule has 5 heteroatoms. The van der Waals surface area contributed by atoms with Gasteiger partial charge >= 0.3 is 10.1 Å². The molecule has 0 aliphatic rings. The van der Waals surface area contributed by atoms with Crippen molar-refractivity contribution in [1.29, 1.82) is 0 Å². The second-order valence-corrected chi connectivity index (χ2v) is 6.42. The van der Waals surface area contributed by atoms with Crippen molar-refractivity contribution in [2.24, 2.45) is 0 Å². The molecule has 0 aromatic heterocycles. The molecule has 0 heterocycles. The maximum Gasteiger partial charge on any atom is 0.306 e. The van der Waals surface area contributed by atoms with Crippen LogP contribution in [0.25, 0.3) is 0 Å². The van der Waals surface area contributed by atoms with Gasteiger partial charge in [-0.15, -0.1) is 0 Å². The Morgan fingerprint density at radius 2 is 1.48 bits per heavy atom. The van der Waals surface area contributed by atoms with Crippen molar-refractivity contribution in [2.45, 2.75) is 13.3 Å². The molecule has 0 aliphatic carbocycles. The molecule has 0 atom stereocenters. The van der Waals surface area contributed by atoms with E-state index in [2.05, 4.69) is 0 Å². The van der Waals surface area contributed by atoms with Gasteiger partial charge in [-0.3, -0.25) is 0 Å². The van der Waals surface area contributed by atoms with Crippen molar-refractivity contribution in [3.05, 3.63) is 59.7 Å². The Balaban J connectivity index is 1.85. The van der Waals surface area contributed by atoms with Crippen molar-refractivity contribution < 1.29 is 17.3 Å². The molecule has 2 aromatic carbocycles. The summed E-state index contributed by atoms with van der Waals surface area (Å²) in [6.07, 6.45) is 1.77. The van der Waals surface area contributed by atoms with E-state index in [9.17, 15) is 8.42 Å². The third kappa shape index (κ3) is 5.47. The van der Waals surface area contributed by atoms with E-state index in [1.54, 1.807) is 12.1 Å². The minimum Gasteiger partial charge on any atom is -0.493 e. The molecule has 0 N–H and O–H groups in total. The molecular weight excluding hydrogens is 288 g/mol. The van der Waals surface area contributed by atoms with Crippen LogP contribution in [0.1, 0.15) is 11.1 Å². The van der Waals surface area contributed by atoms with Gasteiger partial charge < -0.3 is 8.92 Å². The second-order valence-electron chi connectivity index (χ2n) is 4.84. The monoisotopic (exact) mass is 306 g/mol. The van der Waals surface area contributed by atoms with E-state index >= 15 is 0 Å². The molecule has 112 valence electrons. The van der Waals surface area contributed by atoms with Gasteiger partial charge in [0.25, 0.3) is 0 Å². The van der Waals surface area contributed by atoms with E-state index in [1.165, 1.54) is 5.56 Å². The molecule has 0 fully saturated rings.